The second-order valence-corrected chi connectivity index (χ2v) is 9.46. The van der Waals surface area contributed by atoms with Gasteiger partial charge in [0.1, 0.15) is 16.7 Å². The molecule has 1 atom stereocenters. The molecule has 2 amide bonds. The summed E-state index contributed by atoms with van der Waals surface area (Å²) in [5.74, 6) is 2.05. The first-order valence-electron chi connectivity index (χ1n) is 11.8. The summed E-state index contributed by atoms with van der Waals surface area (Å²) in [7, 11) is 6.30. The van der Waals surface area contributed by atoms with Crippen LogP contribution in [0.5, 0.6) is 23.0 Å². The summed E-state index contributed by atoms with van der Waals surface area (Å²) in [6.45, 7) is 0.258. The van der Waals surface area contributed by atoms with Gasteiger partial charge < -0.3 is 24.3 Å². The second kappa shape index (κ2) is 12.4. The Bertz CT molecular complexity index is 1310. The summed E-state index contributed by atoms with van der Waals surface area (Å²) >= 11 is 1.25. The molecule has 0 spiro atoms. The Morgan fingerprint density at radius 2 is 1.53 bits per heavy atom. The van der Waals surface area contributed by atoms with Gasteiger partial charge in [-0.3, -0.25) is 14.5 Å². The van der Waals surface area contributed by atoms with E-state index in [2.05, 4.69) is 5.32 Å². The molecule has 9 nitrogen and oxygen atoms in total. The van der Waals surface area contributed by atoms with Crippen molar-refractivity contribution in [1.29, 1.82) is 0 Å². The Morgan fingerprint density at radius 3 is 2.13 bits per heavy atom. The van der Waals surface area contributed by atoms with Crippen molar-refractivity contribution >= 4 is 40.1 Å². The van der Waals surface area contributed by atoms with E-state index < -0.39 is 5.25 Å². The number of benzene rings is 3. The van der Waals surface area contributed by atoms with Crippen molar-refractivity contribution in [1.82, 2.24) is 4.90 Å². The minimum atomic E-state index is -0.650. The maximum atomic E-state index is 13.4. The summed E-state index contributed by atoms with van der Waals surface area (Å²) in [5.41, 5.74) is 2.08. The van der Waals surface area contributed by atoms with Crippen LogP contribution in [-0.2, 0) is 16.1 Å². The smallest absolute Gasteiger partial charge is 0.238 e. The van der Waals surface area contributed by atoms with Gasteiger partial charge in [0, 0.05) is 12.1 Å². The van der Waals surface area contributed by atoms with Gasteiger partial charge in [-0.15, -0.1) is 0 Å². The van der Waals surface area contributed by atoms with Gasteiger partial charge in [0.2, 0.25) is 11.8 Å². The third kappa shape index (κ3) is 6.38. The topological polar surface area (TPSA) is 98.7 Å². The van der Waals surface area contributed by atoms with Crippen LogP contribution in [0.15, 0.2) is 71.7 Å². The first kappa shape index (κ1) is 26.9. The van der Waals surface area contributed by atoms with Crippen molar-refractivity contribution in [2.75, 3.05) is 33.8 Å². The van der Waals surface area contributed by atoms with Crippen LogP contribution in [0, 0.1) is 0 Å². The fourth-order valence-corrected chi connectivity index (χ4v) is 4.92. The van der Waals surface area contributed by atoms with Crippen molar-refractivity contribution in [2.45, 2.75) is 18.2 Å². The van der Waals surface area contributed by atoms with E-state index in [4.69, 9.17) is 23.9 Å². The van der Waals surface area contributed by atoms with Gasteiger partial charge in [-0.2, -0.15) is 0 Å². The number of amidine groups is 1. The number of carbonyl (C=O) groups is 2. The third-order valence-corrected chi connectivity index (χ3v) is 7.06. The molecule has 1 aliphatic heterocycles. The largest absolute Gasteiger partial charge is 0.497 e. The second-order valence-electron chi connectivity index (χ2n) is 8.29. The Balaban J connectivity index is 1.60. The van der Waals surface area contributed by atoms with Gasteiger partial charge in [-0.25, -0.2) is 4.99 Å². The first-order valence-corrected chi connectivity index (χ1v) is 12.7. The fraction of sp³-hybridized carbons (Fsp3) is 0.250. The average molecular weight is 536 g/mol. The number of rotatable bonds is 9. The normalized spacial score (nSPS) is 16.2. The van der Waals surface area contributed by atoms with E-state index in [0.29, 0.717) is 39.5 Å². The molecule has 0 bridgehead atoms. The quantitative estimate of drug-likeness (QED) is 0.417. The van der Waals surface area contributed by atoms with Gasteiger partial charge in [0.05, 0.1) is 40.7 Å². The zero-order valence-electron chi connectivity index (χ0n) is 21.6. The van der Waals surface area contributed by atoms with Crippen molar-refractivity contribution < 1.29 is 28.5 Å². The number of aliphatic imine (C=N–C) groups is 1. The number of nitrogens with zero attached hydrogens (tertiary/aromatic N) is 2. The Morgan fingerprint density at radius 1 is 0.895 bits per heavy atom. The highest BCUT2D eigenvalue weighted by Gasteiger charge is 2.36. The van der Waals surface area contributed by atoms with Crippen LogP contribution < -0.4 is 24.3 Å². The predicted molar refractivity (Wildman–Crippen MR) is 148 cm³/mol. The summed E-state index contributed by atoms with van der Waals surface area (Å²) in [6.07, 6.45) is 0.0293. The highest BCUT2D eigenvalue weighted by atomic mass is 32.2. The number of amides is 2. The number of anilines is 1. The van der Waals surface area contributed by atoms with Gasteiger partial charge in [0.15, 0.2) is 16.7 Å². The molecule has 1 saturated heterocycles. The lowest BCUT2D eigenvalue weighted by atomic mass is 10.1. The summed E-state index contributed by atoms with van der Waals surface area (Å²) < 4.78 is 21.2. The maximum absolute atomic E-state index is 13.4. The molecule has 198 valence electrons. The maximum Gasteiger partial charge on any atom is 0.238 e. The molecule has 0 aliphatic carbocycles. The first-order chi connectivity index (χ1) is 18.4. The highest BCUT2D eigenvalue weighted by molar-refractivity contribution is 8.15. The summed E-state index contributed by atoms with van der Waals surface area (Å²) in [6, 6.07) is 19.7. The zero-order valence-corrected chi connectivity index (χ0v) is 22.4. The van der Waals surface area contributed by atoms with Crippen LogP contribution in [0.25, 0.3) is 0 Å². The number of hydrogen-bond acceptors (Lipinski definition) is 8. The molecule has 0 aromatic heterocycles. The number of hydrogen-bond donors (Lipinski definition) is 1. The molecule has 0 radical (unpaired) electrons. The summed E-state index contributed by atoms with van der Waals surface area (Å²) in [5, 5.41) is 2.66. The lowest BCUT2D eigenvalue weighted by Crippen LogP contribution is -2.44. The number of thioether (sulfide) groups is 1. The van der Waals surface area contributed by atoms with Gasteiger partial charge in [0.25, 0.3) is 0 Å². The predicted octanol–water partition coefficient (Wildman–Crippen LogP) is 4.88. The van der Waals surface area contributed by atoms with Crippen LogP contribution in [0.1, 0.15) is 12.0 Å². The average Bonchev–Trinajstić information content (AvgIpc) is 2.95. The molecular formula is C28H29N3O6S. The molecule has 0 unspecified atom stereocenters. The Hall–Kier alpha value is -4.18. The minimum Gasteiger partial charge on any atom is -0.497 e. The van der Waals surface area contributed by atoms with Crippen LogP contribution in [-0.4, -0.2) is 55.6 Å². The molecule has 10 heteroatoms. The third-order valence-electron chi connectivity index (χ3n) is 5.88. The van der Waals surface area contributed by atoms with Gasteiger partial charge in [-0.1, -0.05) is 17.8 Å². The Kier molecular flexibility index (Phi) is 8.75. The molecule has 1 heterocycles. The van der Waals surface area contributed by atoms with E-state index in [0.717, 1.165) is 5.56 Å². The number of methoxy groups -OCH3 is 4. The van der Waals surface area contributed by atoms with E-state index in [-0.39, 0.29) is 24.8 Å². The van der Waals surface area contributed by atoms with E-state index in [1.165, 1.54) is 11.8 Å². The molecule has 1 aliphatic rings. The minimum absolute atomic E-state index is 0.0293. The Labute approximate surface area is 225 Å². The van der Waals surface area contributed by atoms with E-state index in [1.807, 2.05) is 12.1 Å². The van der Waals surface area contributed by atoms with Gasteiger partial charge >= 0.3 is 0 Å². The van der Waals surface area contributed by atoms with Crippen LogP contribution in [0.3, 0.4) is 0 Å². The SMILES string of the molecule is COc1ccc(N=C2S[C@@H](C(=O)Nc3ccc(OC)cc3)CC(=O)N2Cc2ccc(OC)c(OC)c2)cc1. The lowest BCUT2D eigenvalue weighted by molar-refractivity contribution is -0.129. The molecule has 4 rings (SSSR count). The molecule has 38 heavy (non-hydrogen) atoms. The lowest BCUT2D eigenvalue weighted by Gasteiger charge is -2.32. The highest BCUT2D eigenvalue weighted by Crippen LogP contribution is 2.33. The number of nitrogens with one attached hydrogen (secondary N) is 1. The molecule has 3 aromatic carbocycles. The van der Waals surface area contributed by atoms with Crippen molar-refractivity contribution in [3.05, 3.63) is 72.3 Å². The van der Waals surface area contributed by atoms with Crippen LogP contribution >= 0.6 is 11.8 Å². The van der Waals surface area contributed by atoms with Crippen molar-refractivity contribution in [3.63, 3.8) is 0 Å². The van der Waals surface area contributed by atoms with Gasteiger partial charge in [-0.05, 0) is 66.2 Å². The van der Waals surface area contributed by atoms with Crippen molar-refractivity contribution in [2.24, 2.45) is 4.99 Å². The molecular weight excluding hydrogens is 506 g/mol. The van der Waals surface area contributed by atoms with Crippen LogP contribution in [0.4, 0.5) is 11.4 Å². The van der Waals surface area contributed by atoms with Crippen molar-refractivity contribution in [3.8, 4) is 23.0 Å². The van der Waals surface area contributed by atoms with E-state index >= 15 is 0 Å². The van der Waals surface area contributed by atoms with Crippen LogP contribution in [0.2, 0.25) is 0 Å². The zero-order chi connectivity index (χ0) is 27.1. The molecule has 1 N–H and O–H groups in total. The number of carbonyl (C=O) groups excluding carboxylic acids is 2. The van der Waals surface area contributed by atoms with E-state index in [9.17, 15) is 9.59 Å². The molecule has 3 aromatic rings. The standard InChI is InChI=1S/C28H29N3O6S/c1-34-21-10-6-19(7-11-21)29-27(33)25-16-26(32)31(17-18-5-14-23(36-3)24(15-18)37-4)28(38-25)30-20-8-12-22(35-2)13-9-20/h5-15,25H,16-17H2,1-4H3,(H,29,33)/t25-/m1/s1. The fourth-order valence-electron chi connectivity index (χ4n) is 3.82. The summed E-state index contributed by atoms with van der Waals surface area (Å²) in [4.78, 5) is 32.8. The monoisotopic (exact) mass is 535 g/mol. The number of ether oxygens (including phenoxy) is 4. The molecule has 0 saturated carbocycles. The van der Waals surface area contributed by atoms with E-state index in [1.54, 1.807) is 87.9 Å². The molecule has 1 fully saturated rings.